The molecular weight excluding hydrogens is 511 g/mol. The number of carboxylic acid groups (broad SMARTS) is 2. The Morgan fingerprint density at radius 2 is 0.811 bits per heavy atom. The number of aliphatic carboxylic acids is 2. The zero-order valence-electron chi connectivity index (χ0n) is 25.7. The third kappa shape index (κ3) is 25.4. The molecule has 0 heterocycles. The molecule has 0 bridgehead atoms. The monoisotopic (exact) mass is 570 g/mol. The van der Waals surface area contributed by atoms with Crippen molar-refractivity contribution in [1.82, 2.24) is 0 Å². The molecule has 216 valence electrons. The Morgan fingerprint density at radius 3 is 1.05 bits per heavy atom. The SMILES string of the molecule is CCCCCCCCCCCCCSC(CC(=O)O)(SCCCCCCCCCCCCC)C(=O)O.[H-].[Na+]. The average molecular weight is 571 g/mol. The van der Waals surface area contributed by atoms with Gasteiger partial charge in [-0.1, -0.05) is 142 Å². The van der Waals surface area contributed by atoms with Crippen molar-refractivity contribution >= 4 is 35.5 Å². The van der Waals surface area contributed by atoms with Crippen LogP contribution in [0.2, 0.25) is 0 Å². The largest absolute Gasteiger partial charge is 1.00 e. The van der Waals surface area contributed by atoms with E-state index < -0.39 is 16.0 Å². The van der Waals surface area contributed by atoms with E-state index in [1.807, 2.05) is 0 Å². The summed E-state index contributed by atoms with van der Waals surface area (Å²) in [7, 11) is 0. The number of hydrogen-bond donors (Lipinski definition) is 2. The van der Waals surface area contributed by atoms with E-state index in [0.29, 0.717) is 0 Å². The van der Waals surface area contributed by atoms with Crippen molar-refractivity contribution in [3.05, 3.63) is 0 Å². The van der Waals surface area contributed by atoms with E-state index in [-0.39, 0.29) is 37.4 Å². The Bertz CT molecular complexity index is 498. The fourth-order valence-electron chi connectivity index (χ4n) is 4.55. The van der Waals surface area contributed by atoms with E-state index in [0.717, 1.165) is 37.2 Å². The molecule has 0 aromatic heterocycles. The van der Waals surface area contributed by atoms with Gasteiger partial charge in [0, 0.05) is 0 Å². The van der Waals surface area contributed by atoms with Gasteiger partial charge in [0.25, 0.3) is 0 Å². The van der Waals surface area contributed by atoms with Crippen LogP contribution in [0.4, 0.5) is 0 Å². The van der Waals surface area contributed by atoms with Crippen LogP contribution in [0, 0.1) is 0 Å². The maximum Gasteiger partial charge on any atom is 1.00 e. The predicted molar refractivity (Wildman–Crippen MR) is 162 cm³/mol. The first-order valence-electron chi connectivity index (χ1n) is 15.2. The van der Waals surface area contributed by atoms with Gasteiger partial charge in [0.15, 0.2) is 4.08 Å². The number of carbonyl (C=O) groups is 2. The standard InChI is InChI=1S/C30H58O4S2.Na.H/c1-3-5-7-9-11-13-15-17-19-21-23-25-35-30(29(33)34,27-28(31)32)36-26-24-22-20-18-16-14-12-10-8-6-4-2;;/h3-27H2,1-2H3,(H,31,32)(H,33,34);;/q;+1;-1. The van der Waals surface area contributed by atoms with Crippen molar-refractivity contribution in [2.24, 2.45) is 0 Å². The number of thioether (sulfide) groups is 2. The second kappa shape index (κ2) is 29.6. The molecule has 7 heteroatoms. The Labute approximate surface area is 261 Å². The molecule has 0 aliphatic heterocycles. The van der Waals surface area contributed by atoms with Crippen LogP contribution in [0.3, 0.4) is 0 Å². The van der Waals surface area contributed by atoms with Gasteiger partial charge < -0.3 is 11.6 Å². The van der Waals surface area contributed by atoms with E-state index in [9.17, 15) is 19.8 Å². The Hall–Kier alpha value is 0.640. The Balaban J connectivity index is -0.00000612. The van der Waals surface area contributed by atoms with Gasteiger partial charge >= 0.3 is 41.5 Å². The summed E-state index contributed by atoms with van der Waals surface area (Å²) in [5, 5.41) is 19.3. The van der Waals surface area contributed by atoms with Gasteiger partial charge in [-0.3, -0.25) is 4.79 Å². The van der Waals surface area contributed by atoms with Crippen LogP contribution in [0.25, 0.3) is 0 Å². The van der Waals surface area contributed by atoms with E-state index in [1.54, 1.807) is 0 Å². The second-order valence-electron chi connectivity index (χ2n) is 10.4. The van der Waals surface area contributed by atoms with E-state index >= 15 is 0 Å². The minimum absolute atomic E-state index is 0. The molecule has 2 N–H and O–H groups in total. The zero-order chi connectivity index (χ0) is 26.7. The molecule has 0 aliphatic carbocycles. The minimum Gasteiger partial charge on any atom is -1.00 e. The van der Waals surface area contributed by atoms with E-state index in [1.165, 1.54) is 139 Å². The summed E-state index contributed by atoms with van der Waals surface area (Å²) in [6.07, 6.45) is 27.5. The second-order valence-corrected chi connectivity index (χ2v) is 13.4. The van der Waals surface area contributed by atoms with Gasteiger partial charge in [0.1, 0.15) is 0 Å². The molecule has 0 amide bonds. The molecule has 0 fully saturated rings. The van der Waals surface area contributed by atoms with Gasteiger partial charge in [-0.05, 0) is 24.3 Å². The molecule has 0 radical (unpaired) electrons. The van der Waals surface area contributed by atoms with Crippen LogP contribution >= 0.6 is 23.5 Å². The van der Waals surface area contributed by atoms with Gasteiger partial charge in [-0.2, -0.15) is 0 Å². The fraction of sp³-hybridized carbons (Fsp3) is 0.933. The van der Waals surface area contributed by atoms with Crippen molar-refractivity contribution in [3.8, 4) is 0 Å². The molecule has 0 atom stereocenters. The quantitative estimate of drug-likeness (QED) is 0.0553. The summed E-state index contributed by atoms with van der Waals surface area (Å²) in [5.74, 6) is -0.551. The van der Waals surface area contributed by atoms with Crippen molar-refractivity contribution in [3.63, 3.8) is 0 Å². The van der Waals surface area contributed by atoms with Crippen LogP contribution in [-0.2, 0) is 9.59 Å². The average Bonchev–Trinajstić information content (AvgIpc) is 2.84. The Morgan fingerprint density at radius 1 is 0.541 bits per heavy atom. The van der Waals surface area contributed by atoms with Crippen LogP contribution < -0.4 is 29.6 Å². The van der Waals surface area contributed by atoms with Crippen molar-refractivity contribution in [1.29, 1.82) is 0 Å². The zero-order valence-corrected chi connectivity index (χ0v) is 28.3. The molecule has 0 aromatic carbocycles. The predicted octanol–water partition coefficient (Wildman–Crippen LogP) is 7.45. The smallest absolute Gasteiger partial charge is 1.00 e. The van der Waals surface area contributed by atoms with Crippen LogP contribution in [0.1, 0.15) is 163 Å². The molecule has 37 heavy (non-hydrogen) atoms. The number of rotatable bonds is 29. The molecule has 0 spiro atoms. The first-order valence-corrected chi connectivity index (χ1v) is 17.2. The first-order chi connectivity index (χ1) is 17.5. The summed E-state index contributed by atoms with van der Waals surface area (Å²) < 4.78 is -1.25. The first kappa shape index (κ1) is 39.8. The van der Waals surface area contributed by atoms with Crippen molar-refractivity contribution in [2.45, 2.75) is 166 Å². The maximum absolute atomic E-state index is 12.1. The minimum atomic E-state index is -1.25. The summed E-state index contributed by atoms with van der Waals surface area (Å²) >= 11 is 2.70. The summed E-state index contributed by atoms with van der Waals surface area (Å²) in [4.78, 5) is 23.6. The number of hydrogen-bond acceptors (Lipinski definition) is 4. The fourth-order valence-corrected chi connectivity index (χ4v) is 7.44. The third-order valence-corrected chi connectivity index (χ3v) is 10.1. The molecule has 0 saturated heterocycles. The van der Waals surface area contributed by atoms with E-state index in [2.05, 4.69) is 13.8 Å². The maximum atomic E-state index is 12.1. The van der Waals surface area contributed by atoms with Gasteiger partial charge in [-0.25, -0.2) is 4.79 Å². The van der Waals surface area contributed by atoms with Crippen LogP contribution in [0.5, 0.6) is 0 Å². The van der Waals surface area contributed by atoms with E-state index in [4.69, 9.17) is 0 Å². The van der Waals surface area contributed by atoms with Gasteiger partial charge in [0.2, 0.25) is 0 Å². The summed E-state index contributed by atoms with van der Waals surface area (Å²) in [5.41, 5.74) is 0. The number of unbranched alkanes of at least 4 members (excludes halogenated alkanes) is 20. The summed E-state index contributed by atoms with van der Waals surface area (Å²) in [6, 6.07) is 0. The molecular formula is C30H59NaO4S2. The molecule has 0 unspecified atom stereocenters. The van der Waals surface area contributed by atoms with Crippen molar-refractivity contribution in [2.75, 3.05) is 11.5 Å². The molecule has 0 aliphatic rings. The molecule has 4 nitrogen and oxygen atoms in total. The molecule has 0 aromatic rings. The molecule has 0 rings (SSSR count). The normalized spacial score (nSPS) is 11.4. The van der Waals surface area contributed by atoms with Gasteiger partial charge in [0.05, 0.1) is 6.42 Å². The summed E-state index contributed by atoms with van der Waals surface area (Å²) in [6.45, 7) is 4.50. The molecule has 0 saturated carbocycles. The van der Waals surface area contributed by atoms with Crippen LogP contribution in [0.15, 0.2) is 0 Å². The Kier molecular flexibility index (Phi) is 31.8. The number of carboxylic acids is 2. The third-order valence-electron chi connectivity index (χ3n) is 6.88. The topological polar surface area (TPSA) is 74.6 Å². The van der Waals surface area contributed by atoms with Crippen molar-refractivity contribution < 1.29 is 50.8 Å². The van der Waals surface area contributed by atoms with Gasteiger partial charge in [-0.15, -0.1) is 23.5 Å². The van der Waals surface area contributed by atoms with Crippen LogP contribution in [-0.4, -0.2) is 37.7 Å².